The normalized spacial score (nSPS) is 12.1. The van der Waals surface area contributed by atoms with Crippen LogP contribution in [0.2, 0.25) is 0 Å². The van der Waals surface area contributed by atoms with Crippen LogP contribution in [0.25, 0.3) is 0 Å². The van der Waals surface area contributed by atoms with Gasteiger partial charge in [0.2, 0.25) is 17.7 Å². The van der Waals surface area contributed by atoms with Gasteiger partial charge in [0.15, 0.2) is 11.6 Å². The van der Waals surface area contributed by atoms with Crippen molar-refractivity contribution in [2.75, 3.05) is 74.1 Å². The molecule has 3 N–H and O–H groups in total. The number of carbonyl (C=O) groups excluding carboxylic acids is 16. The summed E-state index contributed by atoms with van der Waals surface area (Å²) in [5.74, 6) is 3.67. The van der Waals surface area contributed by atoms with Gasteiger partial charge < -0.3 is 39.6 Å². The third-order valence-electron chi connectivity index (χ3n) is 19.7. The number of hydrogen-bond acceptors (Lipinski definition) is 21. The Labute approximate surface area is 786 Å². The van der Waals surface area contributed by atoms with Crippen molar-refractivity contribution < 1.29 is 100 Å². The summed E-state index contributed by atoms with van der Waals surface area (Å²) >= 11 is 0. The molecule has 24 nitrogen and oxygen atoms in total. The minimum absolute atomic E-state index is 0.0144. The standard InChI is InChI=1S/C18H32O4.C17H31NO4.C17H32O3.C16H29NO4.C13H25NO3.C12H22O2.C12H24O/c1-14(2)17(21)8-6-7-15(19)9-11-22-12-10-16(20)13-18(3,4)5;1-12(2)6-7-15(19)10-14(11-16(20)13(3)4)17(21)18-8-9-22-5;1-14(2)7-6-8-15(18)9-11-20-12-10-16(19)13-17(3,4)5;1-11(2)10-15(19)17-14(16(20)12(3)4)7-6-13(18)8-9-21-5;1-9(2)8-11(13(16)10(3)4)14-12(15)6-7-17-5;1-9(2)8-11(13)6-5-7-12(14)10(3)4;1-10(2)9-11(13)7-6-8-12(3,4)5/h14H,6-13H2,1-5H3;12-14H,6-11H2,1-5H3,(H,18,21);14H,6-13H2,1-5H3;11-12,14H,6-10H2,1-5H3,(H,17,19);9-11H,6-8H2,1-5H3,(H,14,15);9-10H,5-8H2,1-4H3;10H,6-9H2,1-5H3. The van der Waals surface area contributed by atoms with Gasteiger partial charge in [-0.05, 0) is 103 Å². The van der Waals surface area contributed by atoms with Crippen molar-refractivity contribution in [3.8, 4) is 0 Å². The number of Topliss-reactive ketones (excluding diaryl/α,β-unsaturated/α-hetero) is 13. The first-order valence-electron chi connectivity index (χ1n) is 48.8. The highest BCUT2D eigenvalue weighted by molar-refractivity contribution is 5.93. The lowest BCUT2D eigenvalue weighted by Gasteiger charge is -2.21. The number of ether oxygens (including phenoxy) is 5. The first kappa shape index (κ1) is 136. The van der Waals surface area contributed by atoms with Gasteiger partial charge in [-0.1, -0.05) is 221 Å². The third kappa shape index (κ3) is 101. The van der Waals surface area contributed by atoms with Crippen LogP contribution in [0, 0.1) is 87.3 Å². The largest absolute Gasteiger partial charge is 0.384 e. The summed E-state index contributed by atoms with van der Waals surface area (Å²) in [6.45, 7) is 65.4. The van der Waals surface area contributed by atoms with Gasteiger partial charge in [-0.25, -0.2) is 0 Å². The van der Waals surface area contributed by atoms with Gasteiger partial charge in [-0.2, -0.15) is 0 Å². The van der Waals surface area contributed by atoms with Crippen LogP contribution in [-0.4, -0.2) is 179 Å². The molecule has 0 aromatic rings. The van der Waals surface area contributed by atoms with E-state index in [4.69, 9.17) is 23.7 Å². The lowest BCUT2D eigenvalue weighted by atomic mass is 9.89. The molecule has 129 heavy (non-hydrogen) atoms. The number of rotatable bonds is 66. The molecule has 756 valence electrons. The van der Waals surface area contributed by atoms with Gasteiger partial charge >= 0.3 is 0 Å². The summed E-state index contributed by atoms with van der Waals surface area (Å²) in [4.78, 5) is 187. The van der Waals surface area contributed by atoms with E-state index in [-0.39, 0.29) is 159 Å². The second-order valence-electron chi connectivity index (χ2n) is 42.4. The number of hydrogen-bond donors (Lipinski definition) is 3. The SMILES string of the molecule is CC(C)C(=O)CCCC(=O)CCOCCC(=O)CC(C)(C)C.CC(C)CC(=O)CCCC(=O)C(C)C.CC(C)CC(=O)CCCC(C)(C)C.CC(C)CCCC(=O)CCOCCC(=O)CC(C)(C)C.COCCC(=O)CCC(NC(=O)CC(C)C)C(=O)C(C)C.COCCC(=O)NC(CC(C)C)C(=O)C(C)C.COCCNC(=O)C(CC(=O)CCC(C)C)CC(=O)C(C)C. The van der Waals surface area contributed by atoms with Gasteiger partial charge in [0, 0.05) is 192 Å². The highest BCUT2D eigenvalue weighted by Gasteiger charge is 2.29. The monoisotopic (exact) mass is 1830 g/mol. The van der Waals surface area contributed by atoms with Gasteiger partial charge in [-0.3, -0.25) is 76.7 Å². The van der Waals surface area contributed by atoms with Crippen molar-refractivity contribution >= 4 is 92.9 Å². The van der Waals surface area contributed by atoms with Gasteiger partial charge in [0.25, 0.3) is 0 Å². The van der Waals surface area contributed by atoms with Crippen LogP contribution >= 0.6 is 0 Å². The van der Waals surface area contributed by atoms with Crippen LogP contribution in [-0.2, 0) is 100 Å². The Morgan fingerprint density at radius 1 is 0.271 bits per heavy atom. The van der Waals surface area contributed by atoms with Gasteiger partial charge in [0.1, 0.15) is 63.6 Å². The second-order valence-corrected chi connectivity index (χ2v) is 42.4. The van der Waals surface area contributed by atoms with Crippen LogP contribution in [0.5, 0.6) is 0 Å². The van der Waals surface area contributed by atoms with E-state index in [1.807, 2.05) is 118 Å². The molecule has 0 heterocycles. The molecule has 0 aromatic carbocycles. The number of ketones is 13. The highest BCUT2D eigenvalue weighted by Crippen LogP contribution is 2.25. The number of carbonyl (C=O) groups is 16. The molecule has 0 aliphatic rings. The van der Waals surface area contributed by atoms with Crippen LogP contribution < -0.4 is 16.0 Å². The van der Waals surface area contributed by atoms with E-state index in [1.165, 1.54) is 0 Å². The van der Waals surface area contributed by atoms with Crippen molar-refractivity contribution in [2.45, 2.75) is 419 Å². The Morgan fingerprint density at radius 2 is 0.620 bits per heavy atom. The van der Waals surface area contributed by atoms with E-state index >= 15 is 0 Å². The molecule has 0 aromatic heterocycles. The van der Waals surface area contributed by atoms with Crippen molar-refractivity contribution in [2.24, 2.45) is 87.3 Å². The maximum Gasteiger partial charge on any atom is 0.224 e. The number of methoxy groups -OCH3 is 3. The Hall–Kier alpha value is -6.08. The predicted octanol–water partition coefficient (Wildman–Crippen LogP) is 21.0. The Kier molecular flexibility index (Phi) is 85.9. The highest BCUT2D eigenvalue weighted by atomic mass is 16.5. The maximum absolute atomic E-state index is 12.2. The molecule has 0 radical (unpaired) electrons. The number of amides is 3. The molecule has 0 aliphatic carbocycles. The average Bonchev–Trinajstić information content (AvgIpc) is 0.908. The summed E-state index contributed by atoms with van der Waals surface area (Å²) in [5.41, 5.74) is 0.433. The zero-order valence-corrected chi connectivity index (χ0v) is 88.5. The van der Waals surface area contributed by atoms with Crippen LogP contribution in [0.3, 0.4) is 0 Å². The van der Waals surface area contributed by atoms with Crippen molar-refractivity contribution in [1.29, 1.82) is 0 Å². The van der Waals surface area contributed by atoms with E-state index in [1.54, 1.807) is 35.2 Å². The summed E-state index contributed by atoms with van der Waals surface area (Å²) in [7, 11) is 4.66. The third-order valence-corrected chi connectivity index (χ3v) is 19.7. The molecule has 0 rings (SSSR count). The minimum Gasteiger partial charge on any atom is -0.384 e. The van der Waals surface area contributed by atoms with E-state index in [0.717, 1.165) is 51.4 Å². The minimum atomic E-state index is -0.567. The summed E-state index contributed by atoms with van der Waals surface area (Å²) in [5, 5.41) is 8.29. The van der Waals surface area contributed by atoms with E-state index in [2.05, 4.69) is 99.0 Å². The molecule has 0 spiro atoms. The van der Waals surface area contributed by atoms with Crippen LogP contribution in [0.4, 0.5) is 0 Å². The van der Waals surface area contributed by atoms with Crippen LogP contribution in [0.1, 0.15) is 407 Å². The Morgan fingerprint density at radius 3 is 0.992 bits per heavy atom. The molecular weight excluding hydrogens is 1640 g/mol. The summed E-state index contributed by atoms with van der Waals surface area (Å²) in [6.07, 6.45) is 17.3. The fourth-order valence-corrected chi connectivity index (χ4v) is 12.2. The lowest BCUT2D eigenvalue weighted by molar-refractivity contribution is -0.133. The van der Waals surface area contributed by atoms with E-state index in [9.17, 15) is 76.7 Å². The summed E-state index contributed by atoms with van der Waals surface area (Å²) < 4.78 is 25.3. The second kappa shape index (κ2) is 81.5. The van der Waals surface area contributed by atoms with Crippen molar-refractivity contribution in [3.05, 3.63) is 0 Å². The fourth-order valence-electron chi connectivity index (χ4n) is 12.2. The first-order valence-corrected chi connectivity index (χ1v) is 48.8. The van der Waals surface area contributed by atoms with Gasteiger partial charge in [0.05, 0.1) is 64.2 Å². The molecule has 0 bridgehead atoms. The average molecular weight is 1840 g/mol. The Bertz CT molecular complexity index is 3080. The zero-order valence-electron chi connectivity index (χ0n) is 88.5. The quantitative estimate of drug-likeness (QED) is 0.0476. The molecule has 0 fully saturated rings. The van der Waals surface area contributed by atoms with Crippen molar-refractivity contribution in [3.63, 3.8) is 0 Å². The smallest absolute Gasteiger partial charge is 0.224 e. The lowest BCUT2D eigenvalue weighted by Crippen LogP contribution is -2.43. The Balaban J connectivity index is -0.000000271. The fraction of sp³-hybridized carbons (Fsp3) is 0.848. The van der Waals surface area contributed by atoms with E-state index in [0.29, 0.717) is 216 Å². The number of nitrogens with one attached hydrogen (secondary N) is 3. The molecule has 24 heteroatoms. The molecule has 3 unspecified atom stereocenters. The molecule has 0 saturated carbocycles. The van der Waals surface area contributed by atoms with Crippen molar-refractivity contribution in [1.82, 2.24) is 16.0 Å². The molecule has 0 saturated heterocycles. The molecule has 3 atom stereocenters. The molecular formula is C105H195N3O21. The predicted molar refractivity (Wildman–Crippen MR) is 523 cm³/mol. The topological polar surface area (TPSA) is 355 Å². The zero-order chi connectivity index (χ0) is 101. The maximum atomic E-state index is 12.2. The molecule has 3 amide bonds. The van der Waals surface area contributed by atoms with E-state index < -0.39 is 12.0 Å². The van der Waals surface area contributed by atoms with Gasteiger partial charge in [-0.15, -0.1) is 0 Å². The molecule has 0 aliphatic heterocycles. The van der Waals surface area contributed by atoms with Crippen LogP contribution in [0.15, 0.2) is 0 Å². The summed E-state index contributed by atoms with van der Waals surface area (Å²) in [6, 6.07) is -0.929. The first-order chi connectivity index (χ1) is 59.5.